The van der Waals surface area contributed by atoms with Crippen molar-refractivity contribution in [2.75, 3.05) is 6.54 Å². The zero-order valence-electron chi connectivity index (χ0n) is 6.27. The maximum Gasteiger partial charge on any atom is 0.227 e. The fourth-order valence-corrected chi connectivity index (χ4v) is 0.486. The average molecular weight is 143 g/mol. The molecule has 0 aliphatic rings. The Balaban J connectivity index is 3.82. The van der Waals surface area contributed by atoms with Crippen LogP contribution in [0.4, 0.5) is 0 Å². The molecular weight excluding hydrogens is 130 g/mol. The van der Waals surface area contributed by atoms with Crippen molar-refractivity contribution in [2.45, 2.75) is 13.8 Å². The Labute approximate surface area is 60.3 Å². The Bertz CT molecular complexity index is 144. The van der Waals surface area contributed by atoms with Gasteiger partial charge in [0.1, 0.15) is 5.84 Å². The zero-order valence-corrected chi connectivity index (χ0v) is 6.27. The van der Waals surface area contributed by atoms with Gasteiger partial charge in [-0.3, -0.25) is 10.2 Å². The van der Waals surface area contributed by atoms with E-state index in [9.17, 15) is 4.79 Å². The molecule has 1 atom stereocenters. The van der Waals surface area contributed by atoms with Crippen LogP contribution in [0.15, 0.2) is 0 Å². The molecule has 10 heavy (non-hydrogen) atoms. The molecular formula is C6H13N3O. The maximum absolute atomic E-state index is 10.5. The quantitative estimate of drug-likeness (QED) is 0.374. The lowest BCUT2D eigenvalue weighted by molar-refractivity contribution is -0.119. The van der Waals surface area contributed by atoms with E-state index in [1.54, 1.807) is 6.92 Å². The van der Waals surface area contributed by atoms with Crippen molar-refractivity contribution >= 4 is 11.7 Å². The fourth-order valence-electron chi connectivity index (χ4n) is 0.486. The number of amidine groups is 1. The summed E-state index contributed by atoms with van der Waals surface area (Å²) in [6, 6.07) is 0. The minimum Gasteiger partial charge on any atom is -0.374 e. The van der Waals surface area contributed by atoms with Gasteiger partial charge in [0.05, 0.1) is 5.92 Å². The molecule has 0 radical (unpaired) electrons. The zero-order chi connectivity index (χ0) is 8.15. The first kappa shape index (κ1) is 8.94. The van der Waals surface area contributed by atoms with Crippen LogP contribution in [0.25, 0.3) is 0 Å². The van der Waals surface area contributed by atoms with E-state index < -0.39 is 11.8 Å². The molecule has 0 aliphatic carbocycles. The van der Waals surface area contributed by atoms with Crippen molar-refractivity contribution < 1.29 is 4.79 Å². The minimum absolute atomic E-state index is 0.190. The van der Waals surface area contributed by atoms with Crippen molar-refractivity contribution in [3.63, 3.8) is 0 Å². The van der Waals surface area contributed by atoms with E-state index in [0.717, 1.165) is 0 Å². The van der Waals surface area contributed by atoms with E-state index >= 15 is 0 Å². The van der Waals surface area contributed by atoms with Gasteiger partial charge >= 0.3 is 0 Å². The van der Waals surface area contributed by atoms with Gasteiger partial charge in [-0.25, -0.2) is 0 Å². The highest BCUT2D eigenvalue weighted by atomic mass is 16.1. The number of hydrogen-bond acceptors (Lipinski definition) is 2. The van der Waals surface area contributed by atoms with Crippen molar-refractivity contribution in [1.29, 1.82) is 5.41 Å². The average Bonchev–Trinajstić information content (AvgIpc) is 1.87. The molecule has 0 saturated carbocycles. The minimum atomic E-state index is -0.500. The number of rotatable bonds is 3. The third-order valence-corrected chi connectivity index (χ3v) is 1.23. The van der Waals surface area contributed by atoms with Gasteiger partial charge in [-0.15, -0.1) is 0 Å². The van der Waals surface area contributed by atoms with Gasteiger partial charge in [0.2, 0.25) is 5.91 Å². The van der Waals surface area contributed by atoms with Crippen LogP contribution in [0.5, 0.6) is 0 Å². The van der Waals surface area contributed by atoms with E-state index in [4.69, 9.17) is 11.1 Å². The van der Waals surface area contributed by atoms with Crippen molar-refractivity contribution in [3.8, 4) is 0 Å². The highest BCUT2D eigenvalue weighted by Crippen LogP contribution is 1.91. The van der Waals surface area contributed by atoms with Gasteiger partial charge in [0.25, 0.3) is 0 Å². The van der Waals surface area contributed by atoms with Crippen molar-refractivity contribution in [2.24, 2.45) is 11.7 Å². The lowest BCUT2D eigenvalue weighted by Gasteiger charge is -2.09. The van der Waals surface area contributed by atoms with Crippen LogP contribution >= 0.6 is 0 Å². The molecule has 0 rings (SSSR count). The van der Waals surface area contributed by atoms with Crippen molar-refractivity contribution in [3.05, 3.63) is 0 Å². The Morgan fingerprint density at radius 1 is 1.80 bits per heavy atom. The number of hydrogen-bond donors (Lipinski definition) is 3. The van der Waals surface area contributed by atoms with Crippen LogP contribution < -0.4 is 11.1 Å². The highest BCUT2D eigenvalue weighted by molar-refractivity contribution is 6.00. The molecule has 58 valence electrons. The van der Waals surface area contributed by atoms with Gasteiger partial charge in [0, 0.05) is 6.54 Å². The number of primary amides is 1. The maximum atomic E-state index is 10.5. The van der Waals surface area contributed by atoms with Gasteiger partial charge in [0.15, 0.2) is 0 Å². The second-order valence-electron chi connectivity index (χ2n) is 2.07. The molecule has 4 nitrogen and oxygen atoms in total. The predicted molar refractivity (Wildman–Crippen MR) is 39.8 cm³/mol. The lowest BCUT2D eigenvalue weighted by Crippen LogP contribution is -2.36. The standard InChI is InChI=1S/C6H13N3O/c1-3-9-5(7)4(2)6(8)10/h4H,3H2,1-2H3,(H2,7,9)(H2,8,10). The summed E-state index contributed by atoms with van der Waals surface area (Å²) in [5, 5.41) is 9.92. The summed E-state index contributed by atoms with van der Waals surface area (Å²) in [6.45, 7) is 4.12. The van der Waals surface area contributed by atoms with E-state index in [1.165, 1.54) is 0 Å². The molecule has 0 aromatic heterocycles. The molecule has 0 saturated heterocycles. The molecule has 0 aromatic carbocycles. The summed E-state index contributed by atoms with van der Waals surface area (Å²) in [5.74, 6) is -0.777. The van der Waals surface area contributed by atoms with Crippen LogP contribution in [-0.2, 0) is 4.79 Å². The van der Waals surface area contributed by atoms with E-state index in [2.05, 4.69) is 5.32 Å². The first-order valence-electron chi connectivity index (χ1n) is 3.21. The third-order valence-electron chi connectivity index (χ3n) is 1.23. The third kappa shape index (κ3) is 2.48. The highest BCUT2D eigenvalue weighted by Gasteiger charge is 2.12. The summed E-state index contributed by atoms with van der Waals surface area (Å²) in [4.78, 5) is 10.5. The Morgan fingerprint density at radius 3 is 2.60 bits per heavy atom. The number of nitrogens with two attached hydrogens (primary N) is 1. The number of amides is 1. The summed E-state index contributed by atoms with van der Waals surface area (Å²) in [5.41, 5.74) is 4.95. The Kier molecular flexibility index (Phi) is 3.46. The van der Waals surface area contributed by atoms with E-state index in [1.807, 2.05) is 6.92 Å². The normalized spacial score (nSPS) is 12.2. The van der Waals surface area contributed by atoms with Gasteiger partial charge in [-0.05, 0) is 13.8 Å². The largest absolute Gasteiger partial charge is 0.374 e. The van der Waals surface area contributed by atoms with Gasteiger partial charge < -0.3 is 11.1 Å². The number of nitrogens with one attached hydrogen (secondary N) is 2. The second kappa shape index (κ2) is 3.87. The number of carbonyl (C=O) groups excluding carboxylic acids is 1. The summed E-state index contributed by atoms with van der Waals surface area (Å²) < 4.78 is 0. The lowest BCUT2D eigenvalue weighted by atomic mass is 10.1. The molecule has 1 unspecified atom stereocenters. The Hall–Kier alpha value is -1.06. The smallest absolute Gasteiger partial charge is 0.227 e. The Morgan fingerprint density at radius 2 is 2.30 bits per heavy atom. The SMILES string of the molecule is CCNC(=N)C(C)C(N)=O. The number of carbonyl (C=O) groups is 1. The van der Waals surface area contributed by atoms with E-state index in [-0.39, 0.29) is 5.84 Å². The molecule has 1 amide bonds. The molecule has 0 heterocycles. The first-order valence-corrected chi connectivity index (χ1v) is 3.21. The molecule has 0 spiro atoms. The molecule has 4 N–H and O–H groups in total. The van der Waals surface area contributed by atoms with E-state index in [0.29, 0.717) is 6.54 Å². The van der Waals surface area contributed by atoms with Crippen molar-refractivity contribution in [1.82, 2.24) is 5.32 Å². The molecule has 0 aliphatic heterocycles. The summed E-state index contributed by atoms with van der Waals surface area (Å²) >= 11 is 0. The summed E-state index contributed by atoms with van der Waals surface area (Å²) in [6.07, 6.45) is 0. The van der Waals surface area contributed by atoms with Crippen LogP contribution in [0.1, 0.15) is 13.8 Å². The molecule has 4 heteroatoms. The molecule has 0 fully saturated rings. The predicted octanol–water partition coefficient (Wildman–Crippen LogP) is -0.305. The van der Waals surface area contributed by atoms with Crippen LogP contribution in [-0.4, -0.2) is 18.3 Å². The van der Waals surface area contributed by atoms with Gasteiger partial charge in [-0.1, -0.05) is 0 Å². The monoisotopic (exact) mass is 143 g/mol. The van der Waals surface area contributed by atoms with Crippen LogP contribution in [0.3, 0.4) is 0 Å². The summed E-state index contributed by atoms with van der Waals surface area (Å²) in [7, 11) is 0. The molecule has 0 bridgehead atoms. The first-order chi connectivity index (χ1) is 4.59. The van der Waals surface area contributed by atoms with Crippen LogP contribution in [0.2, 0.25) is 0 Å². The molecule has 0 aromatic rings. The van der Waals surface area contributed by atoms with Crippen LogP contribution in [0, 0.1) is 11.3 Å². The fraction of sp³-hybridized carbons (Fsp3) is 0.667. The van der Waals surface area contributed by atoms with Gasteiger partial charge in [-0.2, -0.15) is 0 Å². The topological polar surface area (TPSA) is 79.0 Å². The second-order valence-corrected chi connectivity index (χ2v) is 2.07.